The van der Waals surface area contributed by atoms with Crippen LogP contribution in [0.25, 0.3) is 0 Å². The average Bonchev–Trinajstić information content (AvgIpc) is 2.66. The Morgan fingerprint density at radius 2 is 1.30 bits per heavy atom. The van der Waals surface area contributed by atoms with Gasteiger partial charge in [0.25, 0.3) is 0 Å². The van der Waals surface area contributed by atoms with E-state index in [0.717, 1.165) is 25.7 Å². The van der Waals surface area contributed by atoms with Crippen LogP contribution >= 0.6 is 0 Å². The molecule has 0 saturated carbocycles. The van der Waals surface area contributed by atoms with Crippen LogP contribution in [0.1, 0.15) is 116 Å². The van der Waals surface area contributed by atoms with Gasteiger partial charge in [0.05, 0.1) is 6.61 Å². The van der Waals surface area contributed by atoms with Crippen LogP contribution in [0, 0.1) is 11.6 Å². The lowest BCUT2D eigenvalue weighted by Gasteiger charge is -2.15. The molecule has 27 heavy (non-hydrogen) atoms. The lowest BCUT2D eigenvalue weighted by molar-refractivity contribution is 0.284. The van der Waals surface area contributed by atoms with Crippen LogP contribution < -0.4 is 4.74 Å². The molecule has 1 aromatic carbocycles. The van der Waals surface area contributed by atoms with Gasteiger partial charge < -0.3 is 4.74 Å². The summed E-state index contributed by atoms with van der Waals surface area (Å²) in [5.41, 5.74) is 0.478. The second-order valence-corrected chi connectivity index (χ2v) is 7.85. The second-order valence-electron chi connectivity index (χ2n) is 7.85. The van der Waals surface area contributed by atoms with E-state index in [0.29, 0.717) is 12.2 Å². The smallest absolute Gasteiger partial charge is 0.200 e. The van der Waals surface area contributed by atoms with Gasteiger partial charge >= 0.3 is 0 Å². The Morgan fingerprint density at radius 1 is 0.741 bits per heavy atom. The van der Waals surface area contributed by atoms with Crippen LogP contribution in [0.2, 0.25) is 0 Å². The van der Waals surface area contributed by atoms with Crippen molar-refractivity contribution in [1.29, 1.82) is 0 Å². The first-order chi connectivity index (χ1) is 13.1. The molecule has 1 unspecified atom stereocenters. The highest BCUT2D eigenvalue weighted by Gasteiger charge is 2.18. The predicted molar refractivity (Wildman–Crippen MR) is 112 cm³/mol. The van der Waals surface area contributed by atoms with E-state index < -0.39 is 11.6 Å². The van der Waals surface area contributed by atoms with Crippen molar-refractivity contribution in [3.8, 4) is 5.75 Å². The quantitative estimate of drug-likeness (QED) is 0.260. The zero-order valence-corrected chi connectivity index (χ0v) is 17.8. The van der Waals surface area contributed by atoms with Crippen LogP contribution in [-0.4, -0.2) is 6.61 Å². The Labute approximate surface area is 165 Å². The number of ether oxygens (including phenoxy) is 1. The van der Waals surface area contributed by atoms with E-state index >= 15 is 0 Å². The van der Waals surface area contributed by atoms with Crippen molar-refractivity contribution >= 4 is 0 Å². The molecule has 0 aliphatic heterocycles. The third-order valence-electron chi connectivity index (χ3n) is 5.35. The first kappa shape index (κ1) is 23.9. The molecule has 1 nitrogen and oxygen atoms in total. The van der Waals surface area contributed by atoms with Crippen molar-refractivity contribution in [1.82, 2.24) is 0 Å². The lowest BCUT2D eigenvalue weighted by atomic mass is 9.94. The summed E-state index contributed by atoms with van der Waals surface area (Å²) in [5, 5.41) is 0. The molecule has 0 aromatic heterocycles. The molecule has 1 aromatic rings. The van der Waals surface area contributed by atoms with Gasteiger partial charge in [0.2, 0.25) is 5.82 Å². The lowest BCUT2D eigenvalue weighted by Crippen LogP contribution is -2.05. The fraction of sp³-hybridized carbons (Fsp3) is 0.750. The highest BCUT2D eigenvalue weighted by atomic mass is 19.2. The van der Waals surface area contributed by atoms with E-state index in [4.69, 9.17) is 4.74 Å². The molecule has 0 saturated heterocycles. The van der Waals surface area contributed by atoms with E-state index in [9.17, 15) is 8.78 Å². The molecule has 0 fully saturated rings. The van der Waals surface area contributed by atoms with Crippen LogP contribution in [0.5, 0.6) is 5.75 Å². The van der Waals surface area contributed by atoms with Gasteiger partial charge in [0.1, 0.15) is 0 Å². The van der Waals surface area contributed by atoms with Crippen molar-refractivity contribution in [2.45, 2.75) is 110 Å². The molecule has 3 heteroatoms. The molecule has 156 valence electrons. The van der Waals surface area contributed by atoms with Gasteiger partial charge in [-0.05, 0) is 30.4 Å². The Morgan fingerprint density at radius 3 is 1.93 bits per heavy atom. The van der Waals surface area contributed by atoms with Gasteiger partial charge in [-0.25, -0.2) is 4.39 Å². The third-order valence-corrected chi connectivity index (χ3v) is 5.35. The van der Waals surface area contributed by atoms with Crippen molar-refractivity contribution < 1.29 is 13.5 Å². The SMILES string of the molecule is CCCCCCCCCOc1ccc(C(C)CCCCCCC)c(F)c1F. The highest BCUT2D eigenvalue weighted by molar-refractivity contribution is 5.32. The Balaban J connectivity index is 2.36. The number of rotatable bonds is 16. The van der Waals surface area contributed by atoms with E-state index in [-0.39, 0.29) is 11.7 Å². The van der Waals surface area contributed by atoms with Gasteiger partial charge in [-0.3, -0.25) is 0 Å². The van der Waals surface area contributed by atoms with Crippen molar-refractivity contribution in [2.75, 3.05) is 6.61 Å². The van der Waals surface area contributed by atoms with Crippen LogP contribution in [0.15, 0.2) is 12.1 Å². The molecule has 0 amide bonds. The summed E-state index contributed by atoms with van der Waals surface area (Å²) in [7, 11) is 0. The number of halogens is 2. The minimum absolute atomic E-state index is 0.0401. The largest absolute Gasteiger partial charge is 0.490 e. The molecular weight excluding hydrogens is 342 g/mol. The van der Waals surface area contributed by atoms with Gasteiger partial charge in [0, 0.05) is 0 Å². The average molecular weight is 383 g/mol. The Bertz CT molecular complexity index is 501. The van der Waals surface area contributed by atoms with Crippen LogP contribution in [0.4, 0.5) is 8.78 Å². The molecule has 0 bridgehead atoms. The third kappa shape index (κ3) is 9.58. The standard InChI is InChI=1S/C24H40F2O/c1-4-6-8-10-11-13-15-19-27-22-18-17-21(23(25)24(22)26)20(3)16-14-12-9-7-5-2/h17-18,20H,4-16,19H2,1-3H3. The molecular formula is C24H40F2O. The minimum atomic E-state index is -0.826. The summed E-state index contributed by atoms with van der Waals surface area (Å²) in [6.45, 7) is 6.84. The summed E-state index contributed by atoms with van der Waals surface area (Å²) in [6.07, 6.45) is 15.1. The molecule has 0 heterocycles. The number of hydrogen-bond donors (Lipinski definition) is 0. The second kappa shape index (κ2) is 14.9. The summed E-state index contributed by atoms with van der Waals surface area (Å²) in [5.74, 6) is -1.46. The van der Waals surface area contributed by atoms with Crippen molar-refractivity contribution in [3.63, 3.8) is 0 Å². The van der Waals surface area contributed by atoms with Gasteiger partial charge in [0.15, 0.2) is 11.6 Å². The number of unbranched alkanes of at least 4 members (excludes halogenated alkanes) is 10. The molecule has 0 aliphatic carbocycles. The zero-order valence-electron chi connectivity index (χ0n) is 17.8. The fourth-order valence-electron chi connectivity index (χ4n) is 3.49. The molecule has 0 N–H and O–H groups in total. The Kier molecular flexibility index (Phi) is 13.2. The van der Waals surface area contributed by atoms with E-state index in [1.807, 2.05) is 6.92 Å². The Hall–Kier alpha value is -1.12. The molecule has 0 aliphatic rings. The first-order valence-corrected chi connectivity index (χ1v) is 11.2. The molecule has 1 rings (SSSR count). The summed E-state index contributed by atoms with van der Waals surface area (Å²) < 4.78 is 34.3. The topological polar surface area (TPSA) is 9.23 Å². The fourth-order valence-corrected chi connectivity index (χ4v) is 3.49. The van der Waals surface area contributed by atoms with Crippen molar-refractivity contribution in [2.24, 2.45) is 0 Å². The number of hydrogen-bond acceptors (Lipinski definition) is 1. The maximum Gasteiger partial charge on any atom is 0.200 e. The normalized spacial score (nSPS) is 12.3. The summed E-state index contributed by atoms with van der Waals surface area (Å²) >= 11 is 0. The van der Waals surface area contributed by atoms with Crippen LogP contribution in [0.3, 0.4) is 0 Å². The van der Waals surface area contributed by atoms with Gasteiger partial charge in [-0.1, -0.05) is 97.5 Å². The molecule has 0 radical (unpaired) electrons. The summed E-state index contributed by atoms with van der Waals surface area (Å²) in [4.78, 5) is 0. The zero-order chi connectivity index (χ0) is 19.9. The first-order valence-electron chi connectivity index (χ1n) is 11.2. The van der Waals surface area contributed by atoms with E-state index in [1.165, 1.54) is 57.8 Å². The summed E-state index contributed by atoms with van der Waals surface area (Å²) in [6, 6.07) is 3.30. The number of benzene rings is 1. The monoisotopic (exact) mass is 382 g/mol. The minimum Gasteiger partial charge on any atom is -0.490 e. The predicted octanol–water partition coefficient (Wildman–Crippen LogP) is 8.56. The van der Waals surface area contributed by atoms with Gasteiger partial charge in [-0.2, -0.15) is 4.39 Å². The highest BCUT2D eigenvalue weighted by Crippen LogP contribution is 2.30. The maximum atomic E-state index is 14.4. The maximum absolute atomic E-state index is 14.4. The van der Waals surface area contributed by atoms with Gasteiger partial charge in [-0.15, -0.1) is 0 Å². The van der Waals surface area contributed by atoms with Crippen molar-refractivity contribution in [3.05, 3.63) is 29.3 Å². The van der Waals surface area contributed by atoms with Crippen LogP contribution in [-0.2, 0) is 0 Å². The molecule has 0 spiro atoms. The van der Waals surface area contributed by atoms with E-state index in [1.54, 1.807) is 12.1 Å². The molecule has 1 atom stereocenters. The van der Waals surface area contributed by atoms with E-state index in [2.05, 4.69) is 13.8 Å².